The second-order valence-corrected chi connectivity index (χ2v) is 8.48. The molecule has 0 spiro atoms. The van der Waals surface area contributed by atoms with Crippen LogP contribution >= 0.6 is 11.8 Å². The Bertz CT molecular complexity index is 1420. The van der Waals surface area contributed by atoms with Crippen LogP contribution in [0, 0.1) is 0 Å². The van der Waals surface area contributed by atoms with Gasteiger partial charge in [-0.15, -0.1) is 0 Å². The Morgan fingerprint density at radius 3 is 2.37 bits per heavy atom. The van der Waals surface area contributed by atoms with Gasteiger partial charge in [0.1, 0.15) is 5.69 Å². The first-order valence-corrected chi connectivity index (χ1v) is 11.1. The van der Waals surface area contributed by atoms with E-state index in [1.807, 2.05) is 6.21 Å². The molecule has 4 aromatic carbocycles. The molecule has 0 aliphatic carbocycles. The number of aliphatic imine (C=N–C) groups is 1. The average Bonchev–Trinajstić information content (AvgIpc) is 3.39. The zero-order valence-electron chi connectivity index (χ0n) is 16.3. The molecule has 0 atom stereocenters. The summed E-state index contributed by atoms with van der Waals surface area (Å²) in [5.74, 6) is 1.99. The van der Waals surface area contributed by atoms with Crippen molar-refractivity contribution in [3.8, 4) is 11.3 Å². The van der Waals surface area contributed by atoms with E-state index in [1.54, 1.807) is 11.8 Å². The van der Waals surface area contributed by atoms with Gasteiger partial charge in [0, 0.05) is 29.6 Å². The monoisotopic (exact) mass is 405 g/mol. The summed E-state index contributed by atoms with van der Waals surface area (Å²) in [6, 6.07) is 29.7. The van der Waals surface area contributed by atoms with Gasteiger partial charge in [-0.05, 0) is 21.5 Å². The van der Waals surface area contributed by atoms with E-state index in [-0.39, 0.29) is 0 Å². The molecule has 0 bridgehead atoms. The molecule has 0 N–H and O–H groups in total. The molecule has 0 amide bonds. The number of hydrogen-bond acceptors (Lipinski definition) is 3. The number of rotatable bonds is 3. The Kier molecular flexibility index (Phi) is 4.17. The lowest BCUT2D eigenvalue weighted by atomic mass is 10.0. The van der Waals surface area contributed by atoms with E-state index in [4.69, 9.17) is 9.98 Å². The third-order valence-corrected chi connectivity index (χ3v) is 6.60. The summed E-state index contributed by atoms with van der Waals surface area (Å²) in [4.78, 5) is 10.0. The molecule has 0 fully saturated rings. The lowest BCUT2D eigenvalue weighted by molar-refractivity contribution is 0.723. The first kappa shape index (κ1) is 17.5. The number of hydrogen-bond donors (Lipinski definition) is 0. The van der Waals surface area contributed by atoms with Gasteiger partial charge in [0.25, 0.3) is 0 Å². The quantitative estimate of drug-likeness (QED) is 0.312. The van der Waals surface area contributed by atoms with Crippen molar-refractivity contribution in [3.63, 3.8) is 0 Å². The van der Waals surface area contributed by atoms with Gasteiger partial charge in [0.05, 0.1) is 0 Å². The maximum absolute atomic E-state index is 5.00. The predicted molar refractivity (Wildman–Crippen MR) is 127 cm³/mol. The number of nitrogens with zero attached hydrogens (tertiary/aromatic N) is 3. The van der Waals surface area contributed by atoms with Gasteiger partial charge in [0.2, 0.25) is 0 Å². The highest BCUT2D eigenvalue weighted by molar-refractivity contribution is 7.99. The molecule has 3 nitrogen and oxygen atoms in total. The average molecular weight is 406 g/mol. The summed E-state index contributed by atoms with van der Waals surface area (Å²) in [6.45, 7) is 0.944. The van der Waals surface area contributed by atoms with Crippen LogP contribution in [0.3, 0.4) is 0 Å². The van der Waals surface area contributed by atoms with Crippen molar-refractivity contribution >= 4 is 45.3 Å². The Morgan fingerprint density at radius 1 is 0.800 bits per heavy atom. The second-order valence-electron chi connectivity index (χ2n) is 7.42. The molecule has 2 heterocycles. The molecule has 0 saturated heterocycles. The molecule has 144 valence electrons. The molecule has 5 aromatic rings. The highest BCUT2D eigenvalue weighted by Gasteiger charge is 2.23. The van der Waals surface area contributed by atoms with Crippen LogP contribution < -0.4 is 0 Å². The third kappa shape index (κ3) is 2.84. The Balaban J connectivity index is 1.53. The minimum Gasteiger partial charge on any atom is -0.303 e. The van der Waals surface area contributed by atoms with Crippen molar-refractivity contribution in [2.24, 2.45) is 4.99 Å². The maximum Gasteiger partial charge on any atom is 0.170 e. The van der Waals surface area contributed by atoms with Crippen LogP contribution in [0.2, 0.25) is 0 Å². The van der Waals surface area contributed by atoms with E-state index in [1.165, 1.54) is 21.5 Å². The predicted octanol–water partition coefficient (Wildman–Crippen LogP) is 6.71. The fourth-order valence-electron chi connectivity index (χ4n) is 4.20. The standard InChI is InChI=1S/C26H19N3S/c1-3-12-21-18(7-1)9-5-11-20(21)17-27-25-24(28-26-29(25)15-16-30-26)23-14-6-10-19-8-2-4-13-22(19)23/h1-14,17H,15-16H2/b27-17+. The van der Waals surface area contributed by atoms with E-state index in [9.17, 15) is 0 Å². The number of benzene rings is 4. The largest absolute Gasteiger partial charge is 0.303 e. The van der Waals surface area contributed by atoms with E-state index >= 15 is 0 Å². The third-order valence-electron chi connectivity index (χ3n) is 5.65. The molecule has 6 rings (SSSR count). The molecule has 1 aliphatic rings. The molecular weight excluding hydrogens is 386 g/mol. The van der Waals surface area contributed by atoms with Gasteiger partial charge in [-0.2, -0.15) is 0 Å². The molecule has 0 radical (unpaired) electrons. The molecule has 30 heavy (non-hydrogen) atoms. The van der Waals surface area contributed by atoms with Crippen molar-refractivity contribution < 1.29 is 0 Å². The number of fused-ring (bicyclic) bond motifs is 3. The molecule has 0 saturated carbocycles. The smallest absolute Gasteiger partial charge is 0.170 e. The van der Waals surface area contributed by atoms with E-state index < -0.39 is 0 Å². The van der Waals surface area contributed by atoms with Gasteiger partial charge >= 0.3 is 0 Å². The zero-order chi connectivity index (χ0) is 19.9. The fourth-order valence-corrected chi connectivity index (χ4v) is 5.15. The van der Waals surface area contributed by atoms with Crippen LogP contribution in [0.1, 0.15) is 5.56 Å². The highest BCUT2D eigenvalue weighted by Crippen LogP contribution is 2.40. The highest BCUT2D eigenvalue weighted by atomic mass is 32.2. The lowest BCUT2D eigenvalue weighted by Gasteiger charge is -2.07. The van der Waals surface area contributed by atoms with Crippen LogP contribution in [0.15, 0.2) is 95.1 Å². The fraction of sp³-hybridized carbons (Fsp3) is 0.0769. The first-order valence-electron chi connectivity index (χ1n) is 10.1. The number of thioether (sulfide) groups is 1. The van der Waals surface area contributed by atoms with Crippen molar-refractivity contribution in [1.29, 1.82) is 0 Å². The van der Waals surface area contributed by atoms with Crippen LogP contribution in [0.5, 0.6) is 0 Å². The summed E-state index contributed by atoms with van der Waals surface area (Å²) in [5.41, 5.74) is 3.23. The maximum atomic E-state index is 5.00. The number of aromatic nitrogens is 2. The van der Waals surface area contributed by atoms with Crippen LogP contribution in [0.4, 0.5) is 5.82 Å². The summed E-state index contributed by atoms with van der Waals surface area (Å²) >= 11 is 1.81. The Hall–Kier alpha value is -3.37. The summed E-state index contributed by atoms with van der Waals surface area (Å²) in [7, 11) is 0. The zero-order valence-corrected chi connectivity index (χ0v) is 17.1. The molecule has 1 aromatic heterocycles. The van der Waals surface area contributed by atoms with E-state index in [0.29, 0.717) is 0 Å². The number of imidazole rings is 1. The summed E-state index contributed by atoms with van der Waals surface area (Å²) in [6.07, 6.45) is 1.99. The minimum atomic E-state index is 0.944. The van der Waals surface area contributed by atoms with Gasteiger partial charge in [-0.3, -0.25) is 0 Å². The summed E-state index contributed by atoms with van der Waals surface area (Å²) < 4.78 is 2.25. The topological polar surface area (TPSA) is 30.2 Å². The van der Waals surface area contributed by atoms with Gasteiger partial charge < -0.3 is 4.57 Å². The molecular formula is C26H19N3S. The van der Waals surface area contributed by atoms with Crippen molar-refractivity contribution in [1.82, 2.24) is 9.55 Å². The molecule has 1 aliphatic heterocycles. The van der Waals surface area contributed by atoms with Gasteiger partial charge in [-0.25, -0.2) is 9.98 Å². The Morgan fingerprint density at radius 2 is 1.50 bits per heavy atom. The van der Waals surface area contributed by atoms with Crippen LogP contribution in [-0.2, 0) is 6.54 Å². The van der Waals surface area contributed by atoms with E-state index in [2.05, 4.69) is 89.5 Å². The minimum absolute atomic E-state index is 0.944. The molecule has 0 unspecified atom stereocenters. The molecule has 4 heteroatoms. The van der Waals surface area contributed by atoms with Crippen LogP contribution in [0.25, 0.3) is 32.8 Å². The Labute approximate surface area is 179 Å². The van der Waals surface area contributed by atoms with Crippen molar-refractivity contribution in [2.45, 2.75) is 11.7 Å². The SMILES string of the molecule is C(=N\c1c(-c2cccc3ccccc23)nc2n1CCS2)/c1cccc2ccccc12. The van der Waals surface area contributed by atoms with Crippen molar-refractivity contribution in [2.75, 3.05) is 5.75 Å². The summed E-state index contributed by atoms with van der Waals surface area (Å²) in [5, 5.41) is 5.93. The van der Waals surface area contributed by atoms with E-state index in [0.717, 1.165) is 40.1 Å². The lowest BCUT2D eigenvalue weighted by Crippen LogP contribution is -1.94. The van der Waals surface area contributed by atoms with Crippen LogP contribution in [-0.4, -0.2) is 21.5 Å². The second kappa shape index (κ2) is 7.15. The first-order chi connectivity index (χ1) is 14.9. The normalized spacial score (nSPS) is 13.5. The van der Waals surface area contributed by atoms with Gasteiger partial charge in [-0.1, -0.05) is 96.7 Å². The van der Waals surface area contributed by atoms with Crippen molar-refractivity contribution in [3.05, 3.63) is 90.5 Å². The van der Waals surface area contributed by atoms with Gasteiger partial charge in [0.15, 0.2) is 11.0 Å².